The molecular formula is C13H13Br2NS. The van der Waals surface area contributed by atoms with E-state index in [-0.39, 0.29) is 6.04 Å². The lowest BCUT2D eigenvalue weighted by Gasteiger charge is -2.11. The summed E-state index contributed by atoms with van der Waals surface area (Å²) in [4.78, 5) is 1.19. The van der Waals surface area contributed by atoms with Gasteiger partial charge in [0.15, 0.2) is 0 Å². The average Bonchev–Trinajstić information content (AvgIpc) is 2.62. The van der Waals surface area contributed by atoms with Crippen molar-refractivity contribution in [3.8, 4) is 0 Å². The molecule has 1 aromatic carbocycles. The van der Waals surface area contributed by atoms with E-state index in [9.17, 15) is 0 Å². The zero-order chi connectivity index (χ0) is 12.6. The third-order valence-electron chi connectivity index (χ3n) is 2.74. The summed E-state index contributed by atoms with van der Waals surface area (Å²) in [5.74, 6) is 0. The molecule has 0 amide bonds. The topological polar surface area (TPSA) is 26.0 Å². The second-order valence-electron chi connectivity index (χ2n) is 4.09. The van der Waals surface area contributed by atoms with E-state index in [1.54, 1.807) is 11.3 Å². The summed E-state index contributed by atoms with van der Waals surface area (Å²) in [6.45, 7) is 4.16. The molecule has 90 valence electrons. The largest absolute Gasteiger partial charge is 0.320 e. The molecule has 0 bridgehead atoms. The summed E-state index contributed by atoms with van der Waals surface area (Å²) >= 11 is 8.79. The fourth-order valence-corrected chi connectivity index (χ4v) is 3.60. The van der Waals surface area contributed by atoms with E-state index in [0.29, 0.717) is 0 Å². The summed E-state index contributed by atoms with van der Waals surface area (Å²) < 4.78 is 2.27. The molecule has 0 spiro atoms. The van der Waals surface area contributed by atoms with E-state index in [0.717, 1.165) is 13.8 Å². The fourth-order valence-electron chi connectivity index (χ4n) is 1.60. The summed E-state index contributed by atoms with van der Waals surface area (Å²) in [5, 5.41) is 0. The summed E-state index contributed by atoms with van der Waals surface area (Å²) in [6, 6.07) is 8.38. The van der Waals surface area contributed by atoms with Crippen LogP contribution < -0.4 is 5.73 Å². The van der Waals surface area contributed by atoms with Crippen LogP contribution in [0.2, 0.25) is 0 Å². The molecule has 2 N–H and O–H groups in total. The first-order valence-electron chi connectivity index (χ1n) is 5.26. The van der Waals surface area contributed by atoms with Gasteiger partial charge in [0.05, 0.1) is 9.83 Å². The Hall–Kier alpha value is -0.160. The SMILES string of the molecule is Cc1ccc(C(N)c2cc(C)c(Br)s2)cc1Br. The molecule has 4 heteroatoms. The number of hydrogen-bond donors (Lipinski definition) is 1. The van der Waals surface area contributed by atoms with Crippen LogP contribution in [0.15, 0.2) is 32.5 Å². The van der Waals surface area contributed by atoms with E-state index in [2.05, 4.69) is 70.0 Å². The lowest BCUT2D eigenvalue weighted by atomic mass is 10.0. The van der Waals surface area contributed by atoms with Crippen LogP contribution in [0.4, 0.5) is 0 Å². The highest BCUT2D eigenvalue weighted by Gasteiger charge is 2.13. The van der Waals surface area contributed by atoms with Gasteiger partial charge in [0.1, 0.15) is 0 Å². The van der Waals surface area contributed by atoms with Crippen LogP contribution in [0.3, 0.4) is 0 Å². The molecule has 1 heterocycles. The van der Waals surface area contributed by atoms with E-state index in [4.69, 9.17) is 5.73 Å². The summed E-state index contributed by atoms with van der Waals surface area (Å²) in [5.41, 5.74) is 9.89. The fraction of sp³-hybridized carbons (Fsp3) is 0.231. The Labute approximate surface area is 122 Å². The van der Waals surface area contributed by atoms with Gasteiger partial charge < -0.3 is 5.73 Å². The Bertz CT molecular complexity index is 529. The van der Waals surface area contributed by atoms with Gasteiger partial charge in [-0.1, -0.05) is 28.1 Å². The molecule has 2 aromatic rings. The van der Waals surface area contributed by atoms with Gasteiger partial charge in [-0.3, -0.25) is 0 Å². The maximum atomic E-state index is 6.29. The van der Waals surface area contributed by atoms with Gasteiger partial charge in [0.25, 0.3) is 0 Å². The Kier molecular flexibility index (Phi) is 4.08. The molecule has 0 saturated heterocycles. The van der Waals surface area contributed by atoms with Gasteiger partial charge in [0.2, 0.25) is 0 Å². The Morgan fingerprint density at radius 1 is 1.12 bits per heavy atom. The van der Waals surface area contributed by atoms with Gasteiger partial charge in [0, 0.05) is 9.35 Å². The third-order valence-corrected chi connectivity index (χ3v) is 5.81. The van der Waals surface area contributed by atoms with Crippen LogP contribution >= 0.6 is 43.2 Å². The third kappa shape index (κ3) is 2.81. The average molecular weight is 375 g/mol. The number of benzene rings is 1. The molecule has 0 aliphatic rings. The Morgan fingerprint density at radius 2 is 1.82 bits per heavy atom. The van der Waals surface area contributed by atoms with Gasteiger partial charge in [-0.15, -0.1) is 11.3 Å². The van der Waals surface area contributed by atoms with Crippen LogP contribution in [0.1, 0.15) is 27.6 Å². The molecule has 0 aliphatic carbocycles. The molecule has 1 unspecified atom stereocenters. The normalized spacial score (nSPS) is 12.8. The molecule has 0 radical (unpaired) electrons. The number of rotatable bonds is 2. The van der Waals surface area contributed by atoms with E-state index < -0.39 is 0 Å². The van der Waals surface area contributed by atoms with E-state index >= 15 is 0 Å². The number of aryl methyl sites for hydroxylation is 2. The van der Waals surface area contributed by atoms with Gasteiger partial charge in [-0.2, -0.15) is 0 Å². The molecule has 0 aliphatic heterocycles. The van der Waals surface area contributed by atoms with Crippen molar-refractivity contribution in [3.05, 3.63) is 54.1 Å². The van der Waals surface area contributed by atoms with Crippen molar-refractivity contribution in [2.75, 3.05) is 0 Å². The van der Waals surface area contributed by atoms with Crippen molar-refractivity contribution in [3.63, 3.8) is 0 Å². The predicted octanol–water partition coefficient (Wildman–Crippen LogP) is 4.94. The standard InChI is InChI=1S/C13H13Br2NS/c1-7-3-4-9(6-10(7)14)12(16)11-5-8(2)13(15)17-11/h3-6,12H,16H2,1-2H3. The first-order valence-corrected chi connectivity index (χ1v) is 7.66. The highest BCUT2D eigenvalue weighted by molar-refractivity contribution is 9.11. The zero-order valence-corrected chi connectivity index (χ0v) is 13.6. The van der Waals surface area contributed by atoms with Crippen LogP contribution in [0, 0.1) is 13.8 Å². The minimum atomic E-state index is -0.0538. The van der Waals surface area contributed by atoms with Gasteiger partial charge in [-0.05, 0) is 58.6 Å². The van der Waals surface area contributed by atoms with E-state index in [1.165, 1.54) is 16.0 Å². The highest BCUT2D eigenvalue weighted by Crippen LogP contribution is 2.34. The smallest absolute Gasteiger partial charge is 0.0731 e. The first-order chi connectivity index (χ1) is 7.99. The van der Waals surface area contributed by atoms with Crippen LogP contribution in [-0.2, 0) is 0 Å². The first kappa shape index (κ1) is 13.3. The number of nitrogens with two attached hydrogens (primary N) is 1. The Morgan fingerprint density at radius 3 is 2.35 bits per heavy atom. The van der Waals surface area contributed by atoms with Crippen molar-refractivity contribution in [1.29, 1.82) is 0 Å². The molecule has 2 rings (SSSR count). The number of hydrogen-bond acceptors (Lipinski definition) is 2. The summed E-state index contributed by atoms with van der Waals surface area (Å²) in [7, 11) is 0. The maximum absolute atomic E-state index is 6.29. The maximum Gasteiger partial charge on any atom is 0.0731 e. The molecule has 1 atom stereocenters. The monoisotopic (exact) mass is 373 g/mol. The molecule has 1 aromatic heterocycles. The minimum absolute atomic E-state index is 0.0538. The van der Waals surface area contributed by atoms with Crippen molar-refractivity contribution in [2.24, 2.45) is 5.73 Å². The van der Waals surface area contributed by atoms with Crippen molar-refractivity contribution < 1.29 is 0 Å². The van der Waals surface area contributed by atoms with Crippen LogP contribution in [0.25, 0.3) is 0 Å². The van der Waals surface area contributed by atoms with Crippen molar-refractivity contribution in [1.82, 2.24) is 0 Å². The predicted molar refractivity (Wildman–Crippen MR) is 81.7 cm³/mol. The molecular weight excluding hydrogens is 362 g/mol. The van der Waals surface area contributed by atoms with Crippen LogP contribution in [0.5, 0.6) is 0 Å². The minimum Gasteiger partial charge on any atom is -0.320 e. The highest BCUT2D eigenvalue weighted by atomic mass is 79.9. The molecule has 17 heavy (non-hydrogen) atoms. The summed E-state index contributed by atoms with van der Waals surface area (Å²) in [6.07, 6.45) is 0. The van der Waals surface area contributed by atoms with Gasteiger partial charge >= 0.3 is 0 Å². The second kappa shape index (κ2) is 5.22. The van der Waals surface area contributed by atoms with Gasteiger partial charge in [-0.25, -0.2) is 0 Å². The lowest BCUT2D eigenvalue weighted by molar-refractivity contribution is 0.890. The quantitative estimate of drug-likeness (QED) is 0.791. The molecule has 1 nitrogen and oxygen atoms in total. The van der Waals surface area contributed by atoms with Crippen molar-refractivity contribution >= 4 is 43.2 Å². The van der Waals surface area contributed by atoms with E-state index in [1.807, 2.05) is 0 Å². The van der Waals surface area contributed by atoms with Crippen molar-refractivity contribution in [2.45, 2.75) is 19.9 Å². The second-order valence-corrected chi connectivity index (χ2v) is 7.35. The Balaban J connectivity index is 2.36. The number of halogens is 2. The zero-order valence-electron chi connectivity index (χ0n) is 9.63. The lowest BCUT2D eigenvalue weighted by Crippen LogP contribution is -2.10. The van der Waals surface area contributed by atoms with Crippen LogP contribution in [-0.4, -0.2) is 0 Å². The molecule has 0 fully saturated rings. The number of thiophene rings is 1. The molecule has 0 saturated carbocycles.